The Bertz CT molecular complexity index is 3660. The zero-order chi connectivity index (χ0) is 69.5. The molecular formula is C62H80N12O22P2. The first kappa shape index (κ1) is 74.0. The molecule has 34 nitrogen and oxygen atoms in total. The van der Waals surface area contributed by atoms with Crippen LogP contribution in [0.2, 0.25) is 0 Å². The van der Waals surface area contributed by atoms with Crippen LogP contribution < -0.4 is 31.6 Å². The van der Waals surface area contributed by atoms with Crippen molar-refractivity contribution in [1.82, 2.24) is 49.9 Å². The van der Waals surface area contributed by atoms with Gasteiger partial charge < -0.3 is 76.8 Å². The van der Waals surface area contributed by atoms with Gasteiger partial charge in [0, 0.05) is 74.4 Å². The number of fused-ring (bicyclic) bond motifs is 4. The summed E-state index contributed by atoms with van der Waals surface area (Å²) in [4.78, 5) is 125. The van der Waals surface area contributed by atoms with Crippen LogP contribution in [0.25, 0.3) is 11.2 Å². The Labute approximate surface area is 563 Å². The molecule has 1 aliphatic carbocycles. The number of hydrogen-bond donors (Lipinski definition) is 5. The fourth-order valence-electron chi connectivity index (χ4n) is 10.6. The third kappa shape index (κ3) is 21.9. The third-order valence-corrected chi connectivity index (χ3v) is 17.5. The summed E-state index contributed by atoms with van der Waals surface area (Å²) in [6, 6.07) is 12.6. The molecule has 0 radical (unpaired) electrons. The Morgan fingerprint density at radius 2 is 1.41 bits per heavy atom. The number of amides is 7. The molecule has 1 saturated carbocycles. The van der Waals surface area contributed by atoms with Crippen LogP contribution in [0.4, 0.5) is 16.4 Å². The summed E-state index contributed by atoms with van der Waals surface area (Å²) in [6.45, 7) is 7.52. The minimum Gasteiger partial charge on any atom is -0.474 e. The molecule has 5 N–H and O–H groups in total. The maximum Gasteiger partial charge on any atom is 0.410 e. The van der Waals surface area contributed by atoms with E-state index in [1.54, 1.807) is 68.6 Å². The molecule has 36 heteroatoms. The van der Waals surface area contributed by atoms with E-state index in [9.17, 15) is 47.5 Å². The van der Waals surface area contributed by atoms with Crippen LogP contribution in [0, 0.1) is 11.8 Å². The standard InChI is InChI=1S/C62H80N12O22P2/c1-38(2)53(68-49(75)16-19-85-21-23-87-25-27-89-28-26-88-24-22-86-20-18-73-51(76)13-14-52(73)77)58(80)66-39(3)56(78)67-43-11-9-40(10-12-43)33-90-62(82)72(4)32-41-7-5-6-8-46(41)57(79)70-61-69-55-54(59(81)71-61)65-37-74(55)60-48-31-45(94-60)35-92-98(84)95-47-30-44(93-50-15-17-63-36-64-50)29-42(47)34-91-97(83)96-48/h5-15,17,36-39,42,44-45,47-48,53,60,97-98H,16,18-35H2,1-4H3,(H,66,80)(H,67,78)(H,68,75)(H2,69,70,71,79,81)/t39-,42+,44+,45-,47-,48+,53-,60+/m0/s1. The molecule has 3 aliphatic heterocycles. The molecule has 7 amide bonds. The molecule has 6 heterocycles. The van der Waals surface area contributed by atoms with Crippen molar-refractivity contribution in [2.24, 2.45) is 11.8 Å². The van der Waals surface area contributed by atoms with Gasteiger partial charge in [-0.05, 0) is 48.6 Å². The molecular weight excluding hydrogens is 1330 g/mol. The number of aromatic amines is 1. The van der Waals surface area contributed by atoms with Crippen LogP contribution >= 0.6 is 16.5 Å². The van der Waals surface area contributed by atoms with Crippen molar-refractivity contribution in [3.63, 3.8) is 0 Å². The van der Waals surface area contributed by atoms with Crippen LogP contribution in [0.3, 0.4) is 0 Å². The van der Waals surface area contributed by atoms with Crippen molar-refractivity contribution in [3.05, 3.63) is 113 Å². The first-order valence-electron chi connectivity index (χ1n) is 31.8. The molecule has 530 valence electrons. The van der Waals surface area contributed by atoms with Crippen molar-refractivity contribution in [2.45, 2.75) is 102 Å². The monoisotopic (exact) mass is 1410 g/mol. The number of anilines is 2. The second kappa shape index (κ2) is 37.1. The first-order valence-corrected chi connectivity index (χ1v) is 34.2. The lowest BCUT2D eigenvalue weighted by Gasteiger charge is -2.24. The van der Waals surface area contributed by atoms with Crippen LogP contribution in [0.5, 0.6) is 5.88 Å². The SMILES string of the molecule is CC(C)[C@H](NC(=O)CCOCCOCCOCCOCCOCCN1C(=O)C=CC1=O)C(=O)N[C@@H](C)C(=O)Nc1ccc(COC(=O)N(C)Cc2ccccc2C(=O)Nc2nc3c(ncn3[C@@H]3O[C@@H]4CO[PH](=O)O[C@H]5C[C@H](Oc6ccncn6)C[C@@H]5CO[PH](=O)O[C@@H]3C4)c(=O)[nH]2)cc1. The lowest BCUT2D eigenvalue weighted by Crippen LogP contribution is -2.53. The first-order chi connectivity index (χ1) is 47.3. The van der Waals surface area contributed by atoms with Crippen LogP contribution in [0.15, 0.2) is 90.4 Å². The Morgan fingerprint density at radius 3 is 2.09 bits per heavy atom. The number of benzene rings is 2. The summed E-state index contributed by atoms with van der Waals surface area (Å²) >= 11 is 0. The van der Waals surface area contributed by atoms with Crippen molar-refractivity contribution < 1.29 is 98.7 Å². The smallest absolute Gasteiger partial charge is 0.410 e. The van der Waals surface area contributed by atoms with Gasteiger partial charge in [0.25, 0.3) is 23.3 Å². The lowest BCUT2D eigenvalue weighted by molar-refractivity contribution is -0.137. The van der Waals surface area contributed by atoms with E-state index in [4.69, 9.17) is 56.0 Å². The highest BCUT2D eigenvalue weighted by atomic mass is 31.1. The topological polar surface area (TPSA) is 408 Å². The number of nitrogens with one attached hydrogen (secondary N) is 5. The van der Waals surface area contributed by atoms with E-state index in [1.807, 2.05) is 0 Å². The average Bonchev–Trinajstić information content (AvgIpc) is 1.75. The van der Waals surface area contributed by atoms with Gasteiger partial charge in [0.2, 0.25) is 29.5 Å². The van der Waals surface area contributed by atoms with Crippen molar-refractivity contribution in [3.8, 4) is 5.88 Å². The number of carbonyl (C=O) groups is 7. The second-order valence-electron chi connectivity index (χ2n) is 23.3. The summed E-state index contributed by atoms with van der Waals surface area (Å²) in [7, 11) is -4.78. The summed E-state index contributed by atoms with van der Waals surface area (Å²) < 4.78 is 96.4. The average molecular weight is 1410 g/mol. The minimum absolute atomic E-state index is 0.0169. The van der Waals surface area contributed by atoms with Gasteiger partial charge in [-0.1, -0.05) is 44.2 Å². The van der Waals surface area contributed by atoms with Crippen LogP contribution in [-0.4, -0.2) is 210 Å². The molecule has 4 aliphatic rings. The van der Waals surface area contributed by atoms with Crippen LogP contribution in [-0.2, 0) is 97.5 Å². The predicted octanol–water partition coefficient (Wildman–Crippen LogP) is 3.65. The maximum absolute atomic E-state index is 14.0. The summed E-state index contributed by atoms with van der Waals surface area (Å²) in [5.41, 5.74) is 0.677. The molecule has 2 bridgehead atoms. The van der Waals surface area contributed by atoms with Crippen molar-refractivity contribution >= 4 is 80.8 Å². The Balaban J connectivity index is 0.661. The highest BCUT2D eigenvalue weighted by Crippen LogP contribution is 2.44. The van der Waals surface area contributed by atoms with Crippen molar-refractivity contribution in [1.29, 1.82) is 0 Å². The number of aromatic nitrogens is 6. The normalized spacial score (nSPS) is 21.5. The number of hydrogen-bond acceptors (Lipinski definition) is 26. The van der Waals surface area contributed by atoms with Gasteiger partial charge in [-0.15, -0.1) is 0 Å². The van der Waals surface area contributed by atoms with E-state index >= 15 is 0 Å². The fourth-order valence-corrected chi connectivity index (χ4v) is 12.4. The number of carbonyl (C=O) groups excluding carboxylic acids is 7. The van der Waals surface area contributed by atoms with Gasteiger partial charge in [-0.3, -0.25) is 62.5 Å². The molecule has 2 unspecified atom stereocenters. The van der Waals surface area contributed by atoms with Gasteiger partial charge in [-0.25, -0.2) is 19.7 Å². The zero-order valence-corrected chi connectivity index (χ0v) is 56.3. The molecule has 9 rings (SSSR count). The minimum atomic E-state index is -3.19. The molecule has 3 aromatic heterocycles. The summed E-state index contributed by atoms with van der Waals surface area (Å²) in [6.07, 6.45) is 3.00. The molecule has 5 aromatic rings. The second-order valence-corrected chi connectivity index (χ2v) is 25.3. The number of rotatable bonds is 33. The van der Waals surface area contributed by atoms with Crippen molar-refractivity contribution in [2.75, 3.05) is 104 Å². The van der Waals surface area contributed by atoms with E-state index in [0.29, 0.717) is 75.2 Å². The van der Waals surface area contributed by atoms with Gasteiger partial charge in [0.05, 0.1) is 104 Å². The molecule has 10 atom stereocenters. The molecule has 98 heavy (non-hydrogen) atoms. The van der Waals surface area contributed by atoms with Gasteiger partial charge in [-0.2, -0.15) is 4.98 Å². The van der Waals surface area contributed by atoms with E-state index in [-0.39, 0.29) is 125 Å². The maximum atomic E-state index is 14.0. The number of imidazole rings is 1. The van der Waals surface area contributed by atoms with Gasteiger partial charge in [0.15, 0.2) is 17.4 Å². The van der Waals surface area contributed by atoms with E-state index in [1.165, 1.54) is 54.3 Å². The van der Waals surface area contributed by atoms with Gasteiger partial charge >= 0.3 is 22.6 Å². The number of ether oxygens (including phenoxy) is 8. The van der Waals surface area contributed by atoms with Gasteiger partial charge in [0.1, 0.15) is 37.2 Å². The zero-order valence-electron chi connectivity index (χ0n) is 54.3. The predicted molar refractivity (Wildman–Crippen MR) is 346 cm³/mol. The number of nitrogens with zero attached hydrogens (tertiary/aromatic N) is 7. The summed E-state index contributed by atoms with van der Waals surface area (Å²) in [5.74, 6) is -3.48. The quantitative estimate of drug-likeness (QED) is 0.0227. The Kier molecular flexibility index (Phi) is 28.0. The third-order valence-electron chi connectivity index (χ3n) is 15.7. The molecule has 2 saturated heterocycles. The lowest BCUT2D eigenvalue weighted by atomic mass is 10.0. The fraction of sp³-hybridized carbons (Fsp3) is 0.516. The Morgan fingerprint density at radius 1 is 0.745 bits per heavy atom. The highest BCUT2D eigenvalue weighted by molar-refractivity contribution is 7.33. The largest absolute Gasteiger partial charge is 0.474 e. The summed E-state index contributed by atoms with van der Waals surface area (Å²) in [5, 5.41) is 10.8. The highest BCUT2D eigenvalue weighted by Gasteiger charge is 2.43. The van der Waals surface area contributed by atoms with Crippen LogP contribution in [0.1, 0.15) is 74.2 Å². The number of H-pyrrole nitrogens is 1. The van der Waals surface area contributed by atoms with E-state index < -0.39 is 88.4 Å². The van der Waals surface area contributed by atoms with E-state index in [0.717, 1.165) is 4.90 Å². The number of imide groups is 1. The molecule has 2 aromatic carbocycles. The van der Waals surface area contributed by atoms with E-state index in [2.05, 4.69) is 46.2 Å². The molecule has 3 fully saturated rings. The molecule has 0 spiro atoms. The Hall–Kier alpha value is -8.24.